The van der Waals surface area contributed by atoms with Crippen molar-refractivity contribution < 1.29 is 9.59 Å². The van der Waals surface area contributed by atoms with Gasteiger partial charge in [0.05, 0.1) is 22.8 Å². The Hall–Kier alpha value is -2.67. The molecule has 0 aliphatic heterocycles. The van der Waals surface area contributed by atoms with Gasteiger partial charge in [-0.2, -0.15) is 5.10 Å². The number of nitrogens with one attached hydrogen (secondary N) is 1. The number of thiophene rings is 1. The molecule has 0 aliphatic rings. The maximum absolute atomic E-state index is 12.9. The average Bonchev–Trinajstić information content (AvgIpc) is 3.21. The number of amides is 2. The summed E-state index contributed by atoms with van der Waals surface area (Å²) in [5.74, 6) is -0.269. The van der Waals surface area contributed by atoms with E-state index in [2.05, 4.69) is 10.4 Å². The number of hydrogen-bond acceptors (Lipinski definition) is 4. The highest BCUT2D eigenvalue weighted by Gasteiger charge is 2.22. The molecule has 1 N–H and O–H groups in total. The summed E-state index contributed by atoms with van der Waals surface area (Å²) in [7, 11) is 0. The summed E-state index contributed by atoms with van der Waals surface area (Å²) in [4.78, 5) is 27.8. The minimum absolute atomic E-state index is 0.0706. The van der Waals surface area contributed by atoms with E-state index in [-0.39, 0.29) is 18.4 Å². The Morgan fingerprint density at radius 3 is 2.62 bits per heavy atom. The van der Waals surface area contributed by atoms with Crippen molar-refractivity contribution in [1.82, 2.24) is 20.0 Å². The zero-order valence-corrected chi connectivity index (χ0v) is 16.0. The highest BCUT2D eigenvalue weighted by Crippen LogP contribution is 2.31. The lowest BCUT2D eigenvalue weighted by Crippen LogP contribution is -2.40. The van der Waals surface area contributed by atoms with Crippen LogP contribution < -0.4 is 5.32 Å². The van der Waals surface area contributed by atoms with Crippen LogP contribution in [0.25, 0.3) is 15.9 Å². The van der Waals surface area contributed by atoms with Crippen LogP contribution in [0.3, 0.4) is 0 Å². The van der Waals surface area contributed by atoms with Crippen molar-refractivity contribution in [3.63, 3.8) is 0 Å². The third-order valence-corrected chi connectivity index (χ3v) is 5.23. The van der Waals surface area contributed by atoms with E-state index in [1.54, 1.807) is 4.90 Å². The molecule has 0 unspecified atom stereocenters. The Morgan fingerprint density at radius 2 is 1.96 bits per heavy atom. The quantitative estimate of drug-likeness (QED) is 0.725. The van der Waals surface area contributed by atoms with Crippen LogP contribution in [0, 0.1) is 6.92 Å². The van der Waals surface area contributed by atoms with E-state index < -0.39 is 0 Å². The van der Waals surface area contributed by atoms with Crippen LogP contribution in [0.5, 0.6) is 0 Å². The summed E-state index contributed by atoms with van der Waals surface area (Å²) in [5, 5.41) is 8.30. The Balaban J connectivity index is 1.93. The molecule has 1 aromatic carbocycles. The SMILES string of the molecule is CCNC(=O)CN(CC)C(=O)c1cc2c(C)nn(-c3ccccc3)c2s1. The summed E-state index contributed by atoms with van der Waals surface area (Å²) in [6, 6.07) is 11.7. The normalized spacial score (nSPS) is 10.9. The van der Waals surface area contributed by atoms with Gasteiger partial charge in [0.15, 0.2) is 0 Å². The largest absolute Gasteiger partial charge is 0.355 e. The fraction of sp³-hybridized carbons (Fsp3) is 0.316. The van der Waals surface area contributed by atoms with Gasteiger partial charge in [0, 0.05) is 18.5 Å². The van der Waals surface area contributed by atoms with Crippen molar-refractivity contribution in [2.45, 2.75) is 20.8 Å². The number of fused-ring (bicyclic) bond motifs is 1. The van der Waals surface area contributed by atoms with Gasteiger partial charge < -0.3 is 10.2 Å². The molecule has 2 aromatic heterocycles. The van der Waals surface area contributed by atoms with Gasteiger partial charge in [0.25, 0.3) is 5.91 Å². The van der Waals surface area contributed by atoms with Crippen molar-refractivity contribution in [3.05, 3.63) is 47.0 Å². The monoisotopic (exact) mass is 370 g/mol. The number of rotatable bonds is 6. The summed E-state index contributed by atoms with van der Waals surface area (Å²) >= 11 is 1.41. The lowest BCUT2D eigenvalue weighted by Gasteiger charge is -2.19. The van der Waals surface area contributed by atoms with E-state index in [9.17, 15) is 9.59 Å². The standard InChI is InChI=1S/C19H22N4O2S/c1-4-20-17(24)12-22(5-2)18(25)16-11-15-13(3)21-23(19(15)26-16)14-9-7-6-8-10-14/h6-11H,4-5,12H2,1-3H3,(H,20,24). The van der Waals surface area contributed by atoms with Crippen LogP contribution in [-0.4, -0.2) is 46.1 Å². The second-order valence-corrected chi connectivity index (χ2v) is 6.97. The minimum Gasteiger partial charge on any atom is -0.355 e. The predicted octanol–water partition coefficient (Wildman–Crippen LogP) is 2.99. The molecule has 0 atom stereocenters. The lowest BCUT2D eigenvalue weighted by molar-refractivity contribution is -0.121. The second kappa shape index (κ2) is 7.70. The summed E-state index contributed by atoms with van der Waals surface area (Å²) in [6.45, 7) is 6.78. The molecular weight excluding hydrogens is 348 g/mol. The number of carbonyl (C=O) groups is 2. The van der Waals surface area contributed by atoms with Gasteiger partial charge in [0.1, 0.15) is 4.83 Å². The van der Waals surface area contributed by atoms with E-state index in [0.29, 0.717) is 18.0 Å². The minimum atomic E-state index is -0.143. The Labute approximate surface area is 156 Å². The second-order valence-electron chi connectivity index (χ2n) is 5.94. The smallest absolute Gasteiger partial charge is 0.264 e. The van der Waals surface area contributed by atoms with E-state index in [1.807, 2.05) is 61.9 Å². The van der Waals surface area contributed by atoms with Gasteiger partial charge in [-0.3, -0.25) is 9.59 Å². The third kappa shape index (κ3) is 3.48. The van der Waals surface area contributed by atoms with E-state index in [4.69, 9.17) is 0 Å². The van der Waals surface area contributed by atoms with Crippen molar-refractivity contribution in [1.29, 1.82) is 0 Å². The first kappa shape index (κ1) is 18.1. The molecule has 3 rings (SSSR count). The number of likely N-dealkylation sites (N-methyl/N-ethyl adjacent to an activating group) is 2. The van der Waals surface area contributed by atoms with E-state index >= 15 is 0 Å². The van der Waals surface area contributed by atoms with Gasteiger partial charge in [-0.1, -0.05) is 18.2 Å². The first-order valence-corrected chi connectivity index (χ1v) is 9.47. The van der Waals surface area contributed by atoms with Gasteiger partial charge >= 0.3 is 0 Å². The summed E-state index contributed by atoms with van der Waals surface area (Å²) in [6.07, 6.45) is 0. The highest BCUT2D eigenvalue weighted by atomic mass is 32.1. The van der Waals surface area contributed by atoms with Gasteiger partial charge in [0.2, 0.25) is 5.91 Å². The van der Waals surface area contributed by atoms with E-state index in [0.717, 1.165) is 21.6 Å². The molecule has 0 saturated heterocycles. The number of carbonyl (C=O) groups excluding carboxylic acids is 2. The molecule has 0 radical (unpaired) electrons. The topological polar surface area (TPSA) is 67.2 Å². The molecule has 3 aromatic rings. The lowest BCUT2D eigenvalue weighted by atomic mass is 10.3. The van der Waals surface area contributed by atoms with Crippen LogP contribution in [0.1, 0.15) is 29.2 Å². The molecule has 136 valence electrons. The number of aromatic nitrogens is 2. The number of aryl methyl sites for hydroxylation is 1. The number of hydrogen-bond donors (Lipinski definition) is 1. The first-order valence-electron chi connectivity index (χ1n) is 8.65. The van der Waals surface area contributed by atoms with Crippen LogP contribution in [0.15, 0.2) is 36.4 Å². The zero-order valence-electron chi connectivity index (χ0n) is 15.2. The Morgan fingerprint density at radius 1 is 1.23 bits per heavy atom. The fourth-order valence-corrected chi connectivity index (χ4v) is 3.96. The highest BCUT2D eigenvalue weighted by molar-refractivity contribution is 7.20. The Bertz CT molecular complexity index is 930. The molecule has 0 fully saturated rings. The van der Waals surface area contributed by atoms with Crippen LogP contribution in [0.4, 0.5) is 0 Å². The van der Waals surface area contributed by atoms with Gasteiger partial charge in [-0.15, -0.1) is 11.3 Å². The van der Waals surface area contributed by atoms with Crippen LogP contribution >= 0.6 is 11.3 Å². The van der Waals surface area contributed by atoms with Crippen molar-refractivity contribution in [2.75, 3.05) is 19.6 Å². The third-order valence-electron chi connectivity index (χ3n) is 4.13. The summed E-state index contributed by atoms with van der Waals surface area (Å²) in [5.41, 5.74) is 1.84. The molecule has 0 aliphatic carbocycles. The zero-order chi connectivity index (χ0) is 18.7. The molecule has 0 bridgehead atoms. The fourth-order valence-electron chi connectivity index (χ4n) is 2.81. The van der Waals surface area contributed by atoms with Crippen molar-refractivity contribution >= 4 is 33.4 Å². The molecule has 2 amide bonds. The van der Waals surface area contributed by atoms with Crippen LogP contribution in [-0.2, 0) is 4.79 Å². The molecule has 6 nitrogen and oxygen atoms in total. The maximum atomic E-state index is 12.9. The molecule has 0 spiro atoms. The van der Waals surface area contributed by atoms with Crippen molar-refractivity contribution in [2.24, 2.45) is 0 Å². The maximum Gasteiger partial charge on any atom is 0.264 e. The number of benzene rings is 1. The predicted molar refractivity (Wildman–Crippen MR) is 104 cm³/mol. The van der Waals surface area contributed by atoms with Crippen molar-refractivity contribution in [3.8, 4) is 5.69 Å². The first-order chi connectivity index (χ1) is 12.5. The number of para-hydroxylation sites is 1. The molecule has 26 heavy (non-hydrogen) atoms. The Kier molecular flexibility index (Phi) is 5.37. The summed E-state index contributed by atoms with van der Waals surface area (Å²) < 4.78 is 1.87. The van der Waals surface area contributed by atoms with Crippen LogP contribution in [0.2, 0.25) is 0 Å². The molecule has 7 heteroatoms. The number of nitrogens with zero attached hydrogens (tertiary/aromatic N) is 3. The molecule has 0 saturated carbocycles. The van der Waals surface area contributed by atoms with Gasteiger partial charge in [-0.05, 0) is 39.0 Å². The molecular formula is C19H22N4O2S. The average molecular weight is 370 g/mol. The molecule has 2 heterocycles. The van der Waals surface area contributed by atoms with Gasteiger partial charge in [-0.25, -0.2) is 4.68 Å². The van der Waals surface area contributed by atoms with E-state index in [1.165, 1.54) is 11.3 Å².